The lowest BCUT2D eigenvalue weighted by Gasteiger charge is -2.04. The number of hydrogen-bond donors (Lipinski definition) is 0. The quantitative estimate of drug-likeness (QED) is 0.451. The van der Waals surface area contributed by atoms with Crippen molar-refractivity contribution >= 4 is 35.1 Å². The Morgan fingerprint density at radius 2 is 1.83 bits per heavy atom. The summed E-state index contributed by atoms with van der Waals surface area (Å²) in [5.74, 6) is 0. The van der Waals surface area contributed by atoms with E-state index in [1.807, 2.05) is 0 Å². The topological polar surface area (TPSA) is 90.7 Å². The van der Waals surface area contributed by atoms with Gasteiger partial charge in [-0.2, -0.15) is 10.5 Å². The molecule has 23 heavy (non-hydrogen) atoms. The molecule has 0 atom stereocenters. The maximum atomic E-state index is 11.3. The Balaban J connectivity index is 2.40. The predicted octanol–water partition coefficient (Wildman–Crippen LogP) is 4.83. The van der Waals surface area contributed by atoms with Crippen LogP contribution in [-0.2, 0) is 0 Å². The lowest BCUT2D eigenvalue weighted by molar-refractivity contribution is -0.387. The van der Waals surface area contributed by atoms with E-state index in [1.54, 1.807) is 48.5 Å². The second kappa shape index (κ2) is 7.46. The van der Waals surface area contributed by atoms with E-state index in [1.165, 1.54) is 23.9 Å². The van der Waals surface area contributed by atoms with Gasteiger partial charge in [-0.3, -0.25) is 10.1 Å². The van der Waals surface area contributed by atoms with Crippen molar-refractivity contribution in [1.82, 2.24) is 0 Å². The molecule has 112 valence electrons. The van der Waals surface area contributed by atoms with E-state index in [-0.39, 0.29) is 11.3 Å². The Bertz CT molecular complexity index is 848. The first-order valence-corrected chi connectivity index (χ1v) is 7.46. The number of allylic oxidation sites excluding steroid dienone is 1. The Kier molecular flexibility index (Phi) is 5.37. The van der Waals surface area contributed by atoms with Crippen LogP contribution in [0.3, 0.4) is 0 Å². The molecule has 0 aromatic heterocycles. The van der Waals surface area contributed by atoms with Gasteiger partial charge in [-0.25, -0.2) is 0 Å². The lowest BCUT2D eigenvalue weighted by atomic mass is 10.1. The maximum absolute atomic E-state index is 11.3. The highest BCUT2D eigenvalue weighted by molar-refractivity contribution is 7.99. The highest BCUT2D eigenvalue weighted by Crippen LogP contribution is 2.36. The summed E-state index contributed by atoms with van der Waals surface area (Å²) in [4.78, 5) is 12.0. The summed E-state index contributed by atoms with van der Waals surface area (Å²) >= 11 is 7.06. The Morgan fingerprint density at radius 3 is 2.39 bits per heavy atom. The largest absolute Gasteiger partial charge is 0.283 e. The molecule has 0 saturated heterocycles. The van der Waals surface area contributed by atoms with Crippen molar-refractivity contribution < 1.29 is 4.92 Å². The molecular weight excluding hydrogens is 334 g/mol. The van der Waals surface area contributed by atoms with Gasteiger partial charge < -0.3 is 0 Å². The molecule has 2 aromatic rings. The normalized spacial score (nSPS) is 9.52. The van der Waals surface area contributed by atoms with Crippen LogP contribution in [0.1, 0.15) is 5.56 Å². The molecule has 7 heteroatoms. The third-order valence-corrected chi connectivity index (χ3v) is 4.10. The standard InChI is InChI=1S/C16H8ClN3O2S/c17-13-2-4-14(5-3-13)23-16-6-1-11(7-12(9-18)10-19)8-15(16)20(21)22/h1-8H. The summed E-state index contributed by atoms with van der Waals surface area (Å²) in [7, 11) is 0. The van der Waals surface area contributed by atoms with Crippen molar-refractivity contribution in [2.24, 2.45) is 0 Å². The summed E-state index contributed by atoms with van der Waals surface area (Å²) < 4.78 is 0. The molecule has 0 heterocycles. The summed E-state index contributed by atoms with van der Waals surface area (Å²) in [6.45, 7) is 0. The van der Waals surface area contributed by atoms with Gasteiger partial charge >= 0.3 is 0 Å². The fourth-order valence-electron chi connectivity index (χ4n) is 1.74. The molecule has 0 fully saturated rings. The van der Waals surface area contributed by atoms with Crippen molar-refractivity contribution in [2.75, 3.05) is 0 Å². The van der Waals surface area contributed by atoms with Crippen molar-refractivity contribution in [1.29, 1.82) is 10.5 Å². The molecule has 2 rings (SSSR count). The fraction of sp³-hybridized carbons (Fsp3) is 0. The van der Waals surface area contributed by atoms with Crippen molar-refractivity contribution in [3.63, 3.8) is 0 Å². The molecule has 2 aromatic carbocycles. The van der Waals surface area contributed by atoms with E-state index >= 15 is 0 Å². The number of nitrogens with zero attached hydrogens (tertiary/aromatic N) is 3. The summed E-state index contributed by atoms with van der Waals surface area (Å²) in [5, 5.41) is 29.3. The molecule has 0 saturated carbocycles. The molecule has 0 aliphatic rings. The van der Waals surface area contributed by atoms with Gasteiger partial charge in [-0.1, -0.05) is 29.4 Å². The second-order valence-corrected chi connectivity index (χ2v) is 5.87. The third kappa shape index (κ3) is 4.33. The van der Waals surface area contributed by atoms with E-state index in [0.717, 1.165) is 4.90 Å². The molecule has 0 spiro atoms. The highest BCUT2D eigenvalue weighted by Gasteiger charge is 2.15. The van der Waals surface area contributed by atoms with Gasteiger partial charge in [-0.05, 0) is 42.0 Å². The van der Waals surface area contributed by atoms with Crippen LogP contribution in [0, 0.1) is 32.8 Å². The van der Waals surface area contributed by atoms with Gasteiger partial charge in [-0.15, -0.1) is 0 Å². The van der Waals surface area contributed by atoms with Gasteiger partial charge in [0.2, 0.25) is 0 Å². The van der Waals surface area contributed by atoms with Crippen molar-refractivity contribution in [3.05, 3.63) is 68.7 Å². The smallest absolute Gasteiger partial charge is 0.258 e. The molecule has 0 aliphatic carbocycles. The number of rotatable bonds is 4. The van der Waals surface area contributed by atoms with E-state index in [2.05, 4.69) is 0 Å². The first kappa shape index (κ1) is 16.6. The molecule has 0 bridgehead atoms. The van der Waals surface area contributed by atoms with Crippen LogP contribution in [0.4, 0.5) is 5.69 Å². The van der Waals surface area contributed by atoms with Crippen LogP contribution in [-0.4, -0.2) is 4.92 Å². The molecule has 0 radical (unpaired) electrons. The highest BCUT2D eigenvalue weighted by atomic mass is 35.5. The molecule has 5 nitrogen and oxygen atoms in total. The van der Waals surface area contributed by atoms with Gasteiger partial charge in [0.15, 0.2) is 0 Å². The van der Waals surface area contributed by atoms with E-state index < -0.39 is 4.92 Å². The van der Waals surface area contributed by atoms with Crippen molar-refractivity contribution in [3.8, 4) is 12.1 Å². The minimum absolute atomic E-state index is 0.0890. The summed E-state index contributed by atoms with van der Waals surface area (Å²) in [6.07, 6.45) is 1.31. The van der Waals surface area contributed by atoms with Crippen LogP contribution in [0.2, 0.25) is 5.02 Å². The molecule has 0 N–H and O–H groups in total. The number of nitriles is 2. The zero-order valence-corrected chi connectivity index (χ0v) is 13.1. The zero-order valence-electron chi connectivity index (χ0n) is 11.6. The Labute approximate surface area is 141 Å². The summed E-state index contributed by atoms with van der Waals surface area (Å²) in [6, 6.07) is 15.0. The predicted molar refractivity (Wildman–Crippen MR) is 87.9 cm³/mol. The number of nitro groups is 1. The minimum Gasteiger partial charge on any atom is -0.258 e. The van der Waals surface area contributed by atoms with Gasteiger partial charge in [0, 0.05) is 16.0 Å². The minimum atomic E-state index is -0.492. The third-order valence-electron chi connectivity index (χ3n) is 2.77. The average Bonchev–Trinajstić information content (AvgIpc) is 2.55. The van der Waals surface area contributed by atoms with Crippen LogP contribution < -0.4 is 0 Å². The number of benzene rings is 2. The maximum Gasteiger partial charge on any atom is 0.283 e. The average molecular weight is 342 g/mol. The Hall–Kier alpha value is -2.80. The van der Waals surface area contributed by atoms with E-state index in [4.69, 9.17) is 22.1 Å². The zero-order chi connectivity index (χ0) is 16.8. The first-order chi connectivity index (χ1) is 11.0. The SMILES string of the molecule is N#CC(C#N)=Cc1ccc(Sc2ccc(Cl)cc2)c([N+](=O)[O-])c1. The Morgan fingerprint density at radius 1 is 1.17 bits per heavy atom. The van der Waals surface area contributed by atoms with Crippen molar-refractivity contribution in [2.45, 2.75) is 9.79 Å². The molecular formula is C16H8ClN3O2S. The van der Waals surface area contributed by atoms with E-state index in [0.29, 0.717) is 15.5 Å². The number of hydrogen-bond acceptors (Lipinski definition) is 5. The van der Waals surface area contributed by atoms with Crippen LogP contribution in [0.25, 0.3) is 6.08 Å². The lowest BCUT2D eigenvalue weighted by Crippen LogP contribution is -1.92. The fourth-order valence-corrected chi connectivity index (χ4v) is 2.77. The van der Waals surface area contributed by atoms with Gasteiger partial charge in [0.1, 0.15) is 17.7 Å². The molecule has 0 aliphatic heterocycles. The second-order valence-electron chi connectivity index (χ2n) is 4.32. The van der Waals surface area contributed by atoms with Crippen LogP contribution in [0.15, 0.2) is 57.8 Å². The first-order valence-electron chi connectivity index (χ1n) is 6.27. The molecule has 0 unspecified atom stereocenters. The molecule has 0 amide bonds. The van der Waals surface area contributed by atoms with Gasteiger partial charge in [0.05, 0.1) is 9.82 Å². The van der Waals surface area contributed by atoms with Gasteiger partial charge in [0.25, 0.3) is 5.69 Å². The van der Waals surface area contributed by atoms with Crippen LogP contribution >= 0.6 is 23.4 Å². The monoisotopic (exact) mass is 341 g/mol. The van der Waals surface area contributed by atoms with Crippen LogP contribution in [0.5, 0.6) is 0 Å². The summed E-state index contributed by atoms with van der Waals surface area (Å²) in [5.41, 5.74) is 0.224. The van der Waals surface area contributed by atoms with E-state index in [9.17, 15) is 10.1 Å². The number of halogens is 1. The number of nitro benzene ring substituents is 1.